The lowest BCUT2D eigenvalue weighted by Crippen LogP contribution is -2.17. The Kier molecular flexibility index (Phi) is 6.85. The Morgan fingerprint density at radius 3 is 2.35 bits per heavy atom. The Hall–Kier alpha value is -4.23. The Morgan fingerprint density at radius 1 is 0.941 bits per heavy atom. The predicted octanol–water partition coefficient (Wildman–Crippen LogP) is 3.37. The Bertz CT molecular complexity index is 1310. The maximum atomic E-state index is 12.7. The fourth-order valence-corrected chi connectivity index (χ4v) is 4.16. The van der Waals surface area contributed by atoms with E-state index in [9.17, 15) is 13.2 Å². The molecule has 0 radical (unpaired) electrons. The van der Waals surface area contributed by atoms with Crippen LogP contribution >= 0.6 is 0 Å². The van der Waals surface area contributed by atoms with E-state index in [1.165, 1.54) is 36.4 Å². The minimum Gasteiger partial charge on any atom is -0.490 e. The molecule has 9 nitrogen and oxygen atoms in total. The van der Waals surface area contributed by atoms with Crippen LogP contribution in [0.1, 0.15) is 15.9 Å². The number of carbonyl (C=O) groups is 1. The van der Waals surface area contributed by atoms with Crippen LogP contribution in [-0.4, -0.2) is 40.8 Å². The van der Waals surface area contributed by atoms with Crippen LogP contribution < -0.4 is 18.9 Å². The molecule has 0 aliphatic carbocycles. The first-order valence-electron chi connectivity index (χ1n) is 10.3. The van der Waals surface area contributed by atoms with E-state index in [-0.39, 0.29) is 29.4 Å². The van der Waals surface area contributed by atoms with Gasteiger partial charge in [-0.15, -0.1) is 0 Å². The Morgan fingerprint density at radius 2 is 1.65 bits per heavy atom. The second-order valence-corrected chi connectivity index (χ2v) is 8.79. The van der Waals surface area contributed by atoms with Crippen LogP contribution in [-0.2, 0) is 14.8 Å². The van der Waals surface area contributed by atoms with Gasteiger partial charge >= 0.3 is 5.97 Å². The van der Waals surface area contributed by atoms with Crippen molar-refractivity contribution in [1.29, 1.82) is 5.26 Å². The van der Waals surface area contributed by atoms with E-state index in [0.29, 0.717) is 36.0 Å². The molecule has 1 aliphatic rings. The van der Waals surface area contributed by atoms with Crippen LogP contribution in [0.5, 0.6) is 17.2 Å². The van der Waals surface area contributed by atoms with Gasteiger partial charge < -0.3 is 18.9 Å². The van der Waals surface area contributed by atoms with E-state index in [0.717, 1.165) is 0 Å². The summed E-state index contributed by atoms with van der Waals surface area (Å²) in [4.78, 5) is 12.2. The lowest BCUT2D eigenvalue weighted by atomic mass is 10.2. The molecular formula is C24H20N2O7S. The summed E-state index contributed by atoms with van der Waals surface area (Å²) >= 11 is 0. The van der Waals surface area contributed by atoms with Crippen LogP contribution in [0.4, 0.5) is 5.69 Å². The second-order valence-electron chi connectivity index (χ2n) is 7.11. The van der Waals surface area contributed by atoms with Crippen molar-refractivity contribution in [2.24, 2.45) is 0 Å². The lowest BCUT2D eigenvalue weighted by Gasteiger charge is -2.19. The van der Waals surface area contributed by atoms with Crippen molar-refractivity contribution >= 4 is 21.7 Å². The first-order valence-corrected chi connectivity index (χ1v) is 11.8. The van der Waals surface area contributed by atoms with E-state index in [1.807, 2.05) is 6.07 Å². The number of carbonyl (C=O) groups excluding carboxylic acids is 1. The molecule has 4 rings (SSSR count). The second kappa shape index (κ2) is 10.1. The van der Waals surface area contributed by atoms with Crippen LogP contribution in [0, 0.1) is 11.3 Å². The summed E-state index contributed by atoms with van der Waals surface area (Å²) in [5.74, 6) is 0.861. The van der Waals surface area contributed by atoms with Gasteiger partial charge in [0, 0.05) is 11.8 Å². The summed E-state index contributed by atoms with van der Waals surface area (Å²) in [5.41, 5.74) is 1.08. The molecule has 0 atom stereocenters. The summed E-state index contributed by atoms with van der Waals surface area (Å²) in [6.45, 7) is 0.932. The molecule has 3 aromatic carbocycles. The quantitative estimate of drug-likeness (QED) is 0.384. The number of benzene rings is 3. The maximum Gasteiger partial charge on any atom is 0.338 e. The van der Waals surface area contributed by atoms with Gasteiger partial charge in [0.2, 0.25) is 0 Å². The van der Waals surface area contributed by atoms with Gasteiger partial charge in [0.15, 0.2) is 11.5 Å². The van der Waals surface area contributed by atoms with E-state index >= 15 is 0 Å². The van der Waals surface area contributed by atoms with Gasteiger partial charge in [-0.3, -0.25) is 4.72 Å². The van der Waals surface area contributed by atoms with Crippen molar-refractivity contribution in [1.82, 2.24) is 0 Å². The third-order valence-corrected chi connectivity index (χ3v) is 6.14. The Labute approximate surface area is 196 Å². The van der Waals surface area contributed by atoms with Crippen molar-refractivity contribution in [2.45, 2.75) is 4.90 Å². The lowest BCUT2D eigenvalue weighted by molar-refractivity contribution is 0.0450. The maximum absolute atomic E-state index is 12.7. The number of fused-ring (bicyclic) bond motifs is 1. The molecule has 0 amide bonds. The topological polar surface area (TPSA) is 124 Å². The van der Waals surface area contributed by atoms with Gasteiger partial charge in [0.05, 0.1) is 22.1 Å². The number of sulfonamides is 1. The number of anilines is 1. The fraction of sp³-hybridized carbons (Fsp3) is 0.167. The van der Waals surface area contributed by atoms with Crippen molar-refractivity contribution in [3.63, 3.8) is 0 Å². The molecular weight excluding hydrogens is 460 g/mol. The van der Waals surface area contributed by atoms with Crippen molar-refractivity contribution in [3.8, 4) is 23.3 Å². The van der Waals surface area contributed by atoms with Gasteiger partial charge in [-0.05, 0) is 60.7 Å². The normalized spacial score (nSPS) is 12.3. The summed E-state index contributed by atoms with van der Waals surface area (Å²) in [6.07, 6.45) is 0. The molecule has 174 valence electrons. The highest BCUT2D eigenvalue weighted by Gasteiger charge is 2.19. The molecule has 1 aliphatic heterocycles. The number of ether oxygens (including phenoxy) is 4. The van der Waals surface area contributed by atoms with Crippen LogP contribution in [0.25, 0.3) is 0 Å². The molecule has 10 heteroatoms. The zero-order chi connectivity index (χ0) is 24.0. The highest BCUT2D eigenvalue weighted by atomic mass is 32.2. The molecule has 34 heavy (non-hydrogen) atoms. The number of nitrogens with zero attached hydrogens (tertiary/aromatic N) is 1. The number of nitriles is 1. The first kappa shape index (κ1) is 22.9. The molecule has 0 fully saturated rings. The number of hydrogen-bond acceptors (Lipinski definition) is 8. The van der Waals surface area contributed by atoms with Crippen molar-refractivity contribution in [3.05, 3.63) is 77.9 Å². The summed E-state index contributed by atoms with van der Waals surface area (Å²) in [5, 5.41) is 8.79. The van der Waals surface area contributed by atoms with Gasteiger partial charge in [0.25, 0.3) is 10.0 Å². The van der Waals surface area contributed by atoms with Crippen molar-refractivity contribution in [2.75, 3.05) is 31.1 Å². The largest absolute Gasteiger partial charge is 0.490 e. The zero-order valence-corrected chi connectivity index (χ0v) is 18.7. The summed E-state index contributed by atoms with van der Waals surface area (Å²) < 4.78 is 49.4. The zero-order valence-electron chi connectivity index (χ0n) is 17.9. The van der Waals surface area contributed by atoms with Crippen molar-refractivity contribution < 1.29 is 32.2 Å². The minimum atomic E-state index is -3.86. The molecule has 0 saturated carbocycles. The van der Waals surface area contributed by atoms with Gasteiger partial charge in [-0.25, -0.2) is 13.2 Å². The molecule has 1 N–H and O–H groups in total. The number of hydrogen-bond donors (Lipinski definition) is 1. The average molecular weight is 480 g/mol. The SMILES string of the molecule is N#Cc1ccc(OCCOC(=O)c2ccc(NS(=O)(=O)c3ccc4c(c3)OCCO4)cc2)cc1. The summed E-state index contributed by atoms with van der Waals surface area (Å²) in [6, 6.07) is 18.9. The number of rotatable bonds is 8. The fourth-order valence-electron chi connectivity index (χ4n) is 3.08. The molecule has 3 aromatic rings. The summed E-state index contributed by atoms with van der Waals surface area (Å²) in [7, 11) is -3.86. The third-order valence-electron chi connectivity index (χ3n) is 4.77. The van der Waals surface area contributed by atoms with Crippen LogP contribution in [0.2, 0.25) is 0 Å². The molecule has 0 unspecified atom stereocenters. The smallest absolute Gasteiger partial charge is 0.338 e. The van der Waals surface area contributed by atoms with E-state index in [1.54, 1.807) is 30.3 Å². The average Bonchev–Trinajstić information content (AvgIpc) is 2.86. The first-order chi connectivity index (χ1) is 16.4. The standard InChI is InChI=1S/C24H20N2O7S/c25-16-17-1-7-20(8-2-17)30-11-14-33-24(27)18-3-5-19(6-4-18)26-34(28,29)21-9-10-22-23(15-21)32-13-12-31-22/h1-10,15,26H,11-14H2. The highest BCUT2D eigenvalue weighted by Crippen LogP contribution is 2.32. The van der Waals surface area contributed by atoms with Crippen LogP contribution in [0.15, 0.2) is 71.6 Å². The number of esters is 1. The van der Waals surface area contributed by atoms with Gasteiger partial charge in [-0.2, -0.15) is 5.26 Å². The third kappa shape index (κ3) is 5.57. The van der Waals surface area contributed by atoms with E-state index < -0.39 is 16.0 Å². The minimum absolute atomic E-state index is 0.0251. The molecule has 0 spiro atoms. The highest BCUT2D eigenvalue weighted by molar-refractivity contribution is 7.92. The van der Waals surface area contributed by atoms with E-state index in [4.69, 9.17) is 24.2 Å². The van der Waals surface area contributed by atoms with Gasteiger partial charge in [-0.1, -0.05) is 0 Å². The van der Waals surface area contributed by atoms with E-state index in [2.05, 4.69) is 4.72 Å². The molecule has 0 aromatic heterocycles. The van der Waals surface area contributed by atoms with Gasteiger partial charge in [0.1, 0.15) is 32.2 Å². The number of nitrogens with one attached hydrogen (secondary N) is 1. The molecule has 0 bridgehead atoms. The molecule has 0 saturated heterocycles. The monoisotopic (exact) mass is 480 g/mol. The molecule has 1 heterocycles. The van der Waals surface area contributed by atoms with Crippen LogP contribution in [0.3, 0.4) is 0 Å². The Balaban J connectivity index is 1.29. The predicted molar refractivity (Wildman–Crippen MR) is 122 cm³/mol.